The summed E-state index contributed by atoms with van der Waals surface area (Å²) in [5, 5.41) is 0. The predicted octanol–water partition coefficient (Wildman–Crippen LogP) is 4.46. The van der Waals surface area contributed by atoms with Crippen LogP contribution >= 0.6 is 0 Å². The van der Waals surface area contributed by atoms with Crippen molar-refractivity contribution in [2.24, 2.45) is 5.73 Å². The Labute approximate surface area is 217 Å². The first-order chi connectivity index (χ1) is 17.6. The molecule has 208 valence electrons. The van der Waals surface area contributed by atoms with Crippen molar-refractivity contribution < 1.29 is 47.6 Å². The first-order valence-corrected chi connectivity index (χ1v) is 12.6. The van der Waals surface area contributed by atoms with Gasteiger partial charge in [-0.15, -0.1) is 0 Å². The minimum absolute atomic E-state index is 0.0250. The largest absolute Gasteiger partial charge is 0.513 e. The second-order valence-electron chi connectivity index (χ2n) is 8.43. The van der Waals surface area contributed by atoms with Gasteiger partial charge < -0.3 is 34.2 Å². The molecular weight excluding hydrogens is 486 g/mol. The standard InChI is InChI=1S/C26H39NO10/c1-6-9-10-23(28)34-17(4)18(5)35-24(29)20(27)15-19-11-12-21(36-25(30)32-13-7-2)22(16-19)37-26(31)33-14-8-3/h11-12,16-18,20H,6-10,13-15,27H2,1-5H3/t17-,18-,20-/m0/s1. The van der Waals surface area contributed by atoms with Gasteiger partial charge in [0.1, 0.15) is 18.2 Å². The van der Waals surface area contributed by atoms with Gasteiger partial charge in [0, 0.05) is 6.42 Å². The van der Waals surface area contributed by atoms with Gasteiger partial charge in [-0.25, -0.2) is 9.59 Å². The van der Waals surface area contributed by atoms with E-state index in [1.807, 2.05) is 20.8 Å². The summed E-state index contributed by atoms with van der Waals surface area (Å²) >= 11 is 0. The number of esters is 2. The fourth-order valence-corrected chi connectivity index (χ4v) is 2.84. The van der Waals surface area contributed by atoms with Crippen LogP contribution in [0.15, 0.2) is 18.2 Å². The van der Waals surface area contributed by atoms with Gasteiger partial charge in [-0.2, -0.15) is 0 Å². The van der Waals surface area contributed by atoms with E-state index in [1.165, 1.54) is 12.1 Å². The lowest BCUT2D eigenvalue weighted by Gasteiger charge is -2.22. The lowest BCUT2D eigenvalue weighted by Crippen LogP contribution is -2.39. The molecule has 0 aromatic heterocycles. The van der Waals surface area contributed by atoms with Crippen LogP contribution in [0, 0.1) is 0 Å². The van der Waals surface area contributed by atoms with Crippen molar-refractivity contribution in [2.45, 2.75) is 91.4 Å². The summed E-state index contributed by atoms with van der Waals surface area (Å²) in [6.45, 7) is 9.18. The second kappa shape index (κ2) is 17.2. The van der Waals surface area contributed by atoms with E-state index in [2.05, 4.69) is 0 Å². The lowest BCUT2D eigenvalue weighted by atomic mass is 10.1. The van der Waals surface area contributed by atoms with Crippen LogP contribution in [0.25, 0.3) is 0 Å². The van der Waals surface area contributed by atoms with Gasteiger partial charge in [-0.1, -0.05) is 33.3 Å². The average molecular weight is 526 g/mol. The van der Waals surface area contributed by atoms with Crippen molar-refractivity contribution in [1.82, 2.24) is 0 Å². The number of hydrogen-bond acceptors (Lipinski definition) is 11. The molecule has 0 bridgehead atoms. The number of hydrogen-bond donors (Lipinski definition) is 1. The third-order valence-corrected chi connectivity index (χ3v) is 5.02. The molecule has 0 aliphatic carbocycles. The third kappa shape index (κ3) is 12.4. The smallest absolute Gasteiger partial charge is 0.459 e. The van der Waals surface area contributed by atoms with Gasteiger partial charge in [0.25, 0.3) is 0 Å². The SMILES string of the molecule is CCCCC(=O)O[C@@H](C)[C@H](C)OC(=O)[C@@H](N)Cc1ccc(OC(=O)OCCC)c(OC(=O)OCCC)c1. The van der Waals surface area contributed by atoms with Gasteiger partial charge in [0.15, 0.2) is 11.5 Å². The van der Waals surface area contributed by atoms with Gasteiger partial charge in [0.05, 0.1) is 13.2 Å². The van der Waals surface area contributed by atoms with E-state index in [0.29, 0.717) is 24.8 Å². The fourth-order valence-electron chi connectivity index (χ4n) is 2.84. The molecule has 3 atom stereocenters. The quantitative estimate of drug-likeness (QED) is 0.196. The van der Waals surface area contributed by atoms with Crippen molar-refractivity contribution in [3.63, 3.8) is 0 Å². The summed E-state index contributed by atoms with van der Waals surface area (Å²) in [7, 11) is 0. The van der Waals surface area contributed by atoms with Crippen LogP contribution < -0.4 is 15.2 Å². The number of benzene rings is 1. The molecule has 11 heteroatoms. The molecule has 37 heavy (non-hydrogen) atoms. The minimum Gasteiger partial charge on any atom is -0.459 e. The van der Waals surface area contributed by atoms with E-state index in [0.717, 1.165) is 12.8 Å². The molecule has 0 radical (unpaired) electrons. The Bertz CT molecular complexity index is 888. The van der Waals surface area contributed by atoms with Crippen LogP contribution in [0.3, 0.4) is 0 Å². The maximum absolute atomic E-state index is 12.5. The second-order valence-corrected chi connectivity index (χ2v) is 8.43. The zero-order valence-corrected chi connectivity index (χ0v) is 22.3. The number of unbranched alkanes of at least 4 members (excludes halogenated alkanes) is 1. The van der Waals surface area contributed by atoms with Crippen molar-refractivity contribution >= 4 is 24.2 Å². The van der Waals surface area contributed by atoms with E-state index in [-0.39, 0.29) is 37.1 Å². The van der Waals surface area contributed by atoms with Crippen molar-refractivity contribution in [3.05, 3.63) is 23.8 Å². The summed E-state index contributed by atoms with van der Waals surface area (Å²) < 4.78 is 30.8. The molecule has 0 saturated carbocycles. The Hall–Kier alpha value is -3.34. The number of nitrogens with two attached hydrogens (primary N) is 1. The third-order valence-electron chi connectivity index (χ3n) is 5.02. The maximum Gasteiger partial charge on any atom is 0.513 e. The molecule has 0 aliphatic rings. The molecule has 1 aromatic carbocycles. The molecule has 0 fully saturated rings. The average Bonchev–Trinajstić information content (AvgIpc) is 2.86. The van der Waals surface area contributed by atoms with Crippen molar-refractivity contribution in [3.8, 4) is 11.5 Å². The molecule has 0 amide bonds. The first-order valence-electron chi connectivity index (χ1n) is 12.6. The summed E-state index contributed by atoms with van der Waals surface area (Å²) in [6.07, 6.45) is -0.181. The van der Waals surface area contributed by atoms with Gasteiger partial charge >= 0.3 is 24.2 Å². The summed E-state index contributed by atoms with van der Waals surface area (Å²) in [5.74, 6) is -1.22. The number of rotatable bonds is 15. The Morgan fingerprint density at radius 1 is 0.811 bits per heavy atom. The van der Waals surface area contributed by atoms with E-state index < -0.39 is 36.5 Å². The molecule has 0 saturated heterocycles. The Kier molecular flexibility index (Phi) is 14.7. The first kappa shape index (κ1) is 31.7. The predicted molar refractivity (Wildman–Crippen MR) is 133 cm³/mol. The summed E-state index contributed by atoms with van der Waals surface area (Å²) in [4.78, 5) is 48.2. The normalized spacial score (nSPS) is 13.0. The molecule has 2 N–H and O–H groups in total. The Morgan fingerprint density at radius 3 is 1.95 bits per heavy atom. The minimum atomic E-state index is -1.06. The Balaban J connectivity index is 2.86. The van der Waals surface area contributed by atoms with Crippen LogP contribution in [0.1, 0.15) is 72.3 Å². The van der Waals surface area contributed by atoms with Crippen molar-refractivity contribution in [1.29, 1.82) is 0 Å². The van der Waals surface area contributed by atoms with Crippen LogP contribution in [0.4, 0.5) is 9.59 Å². The van der Waals surface area contributed by atoms with Crippen LogP contribution in [-0.4, -0.2) is 55.7 Å². The highest BCUT2D eigenvalue weighted by molar-refractivity contribution is 5.76. The van der Waals surface area contributed by atoms with Crippen LogP contribution in [-0.2, 0) is 35.0 Å². The molecular formula is C26H39NO10. The topological polar surface area (TPSA) is 150 Å². The zero-order valence-electron chi connectivity index (χ0n) is 22.3. The maximum atomic E-state index is 12.5. The number of carbonyl (C=O) groups is 4. The molecule has 0 unspecified atom stereocenters. The highest BCUT2D eigenvalue weighted by Crippen LogP contribution is 2.30. The summed E-state index contributed by atoms with van der Waals surface area (Å²) in [6, 6.07) is 3.29. The van der Waals surface area contributed by atoms with E-state index >= 15 is 0 Å². The lowest BCUT2D eigenvalue weighted by molar-refractivity contribution is -0.166. The van der Waals surface area contributed by atoms with Gasteiger partial charge in [-0.05, 0) is 57.2 Å². The number of carbonyl (C=O) groups excluding carboxylic acids is 4. The van der Waals surface area contributed by atoms with Crippen molar-refractivity contribution in [2.75, 3.05) is 13.2 Å². The molecule has 0 heterocycles. The van der Waals surface area contributed by atoms with Gasteiger partial charge in [0.2, 0.25) is 0 Å². The van der Waals surface area contributed by atoms with Gasteiger partial charge in [-0.3, -0.25) is 9.59 Å². The summed E-state index contributed by atoms with van der Waals surface area (Å²) in [5.41, 5.74) is 6.54. The molecule has 11 nitrogen and oxygen atoms in total. The monoisotopic (exact) mass is 525 g/mol. The fraction of sp³-hybridized carbons (Fsp3) is 0.615. The highest BCUT2D eigenvalue weighted by atomic mass is 16.7. The van der Waals surface area contributed by atoms with E-state index in [4.69, 9.17) is 34.2 Å². The van der Waals surface area contributed by atoms with Crippen LogP contribution in [0.5, 0.6) is 11.5 Å². The highest BCUT2D eigenvalue weighted by Gasteiger charge is 2.25. The molecule has 1 rings (SSSR count). The zero-order chi connectivity index (χ0) is 27.8. The van der Waals surface area contributed by atoms with E-state index in [9.17, 15) is 19.2 Å². The number of ether oxygens (including phenoxy) is 6. The molecule has 0 spiro atoms. The van der Waals surface area contributed by atoms with Crippen LogP contribution in [0.2, 0.25) is 0 Å². The van der Waals surface area contributed by atoms with E-state index in [1.54, 1.807) is 19.9 Å². The Morgan fingerprint density at radius 2 is 1.38 bits per heavy atom. The molecule has 0 aliphatic heterocycles. The molecule has 1 aromatic rings.